The predicted octanol–water partition coefficient (Wildman–Crippen LogP) is 6.51. The monoisotopic (exact) mass is 744 g/mol. The van der Waals surface area contributed by atoms with Gasteiger partial charge in [-0.3, -0.25) is 0 Å². The molecule has 2 unspecified atom stereocenters. The topological polar surface area (TPSA) is 142 Å². The smallest absolute Gasteiger partial charge is 0.330 e. The summed E-state index contributed by atoms with van der Waals surface area (Å²) in [6.45, 7) is 15.2. The second kappa shape index (κ2) is 24.5. The first kappa shape index (κ1) is 42.7. The van der Waals surface area contributed by atoms with Crippen molar-refractivity contribution in [1.82, 2.24) is 0 Å². The van der Waals surface area contributed by atoms with Gasteiger partial charge in [-0.2, -0.15) is 0 Å². The Morgan fingerprint density at radius 2 is 0.907 bits per heavy atom. The molecule has 0 saturated heterocycles. The van der Waals surface area contributed by atoms with Gasteiger partial charge in [-0.05, 0) is 77.9 Å². The van der Waals surface area contributed by atoms with Gasteiger partial charge < -0.3 is 37.9 Å². The number of hydrogen-bond donors (Lipinski definition) is 0. The van der Waals surface area contributed by atoms with Crippen molar-refractivity contribution in [2.24, 2.45) is 0 Å². The van der Waals surface area contributed by atoms with E-state index in [1.165, 1.54) is 0 Å². The highest BCUT2D eigenvalue weighted by Crippen LogP contribution is 2.28. The molecule has 0 aromatic heterocycles. The van der Waals surface area contributed by atoms with E-state index in [0.29, 0.717) is 26.4 Å². The molecular weight excluding hydrogens is 696 g/mol. The Kier molecular flexibility index (Phi) is 19.4. The van der Waals surface area contributed by atoms with E-state index >= 15 is 0 Å². The Morgan fingerprint density at radius 1 is 0.481 bits per heavy atom. The van der Waals surface area contributed by atoms with E-state index in [-0.39, 0.29) is 26.4 Å². The summed E-state index contributed by atoms with van der Waals surface area (Å²) in [6.07, 6.45) is 5.61. The van der Waals surface area contributed by atoms with Crippen molar-refractivity contribution in [2.45, 2.75) is 37.9 Å². The van der Waals surface area contributed by atoms with E-state index in [1.54, 1.807) is 0 Å². The summed E-state index contributed by atoms with van der Waals surface area (Å²) in [7, 11) is 0. The molecule has 3 rings (SSSR count). The van der Waals surface area contributed by atoms with Gasteiger partial charge in [0, 0.05) is 37.5 Å². The molecule has 0 radical (unpaired) electrons. The van der Waals surface area contributed by atoms with Crippen molar-refractivity contribution in [3.8, 4) is 22.6 Å². The summed E-state index contributed by atoms with van der Waals surface area (Å²) in [6, 6.07) is 20.2. The summed E-state index contributed by atoms with van der Waals surface area (Å²) in [4.78, 5) is 45.7. The molecule has 2 atom stereocenters. The highest BCUT2D eigenvalue weighted by molar-refractivity contribution is 5.88. The maximum absolute atomic E-state index is 11.5. The molecule has 0 aliphatic heterocycles. The molecular formula is C42H48O12. The van der Waals surface area contributed by atoms with Crippen LogP contribution in [0.25, 0.3) is 21.9 Å². The van der Waals surface area contributed by atoms with Gasteiger partial charge in [-0.25, -0.2) is 19.2 Å². The van der Waals surface area contributed by atoms with E-state index < -0.39 is 36.1 Å². The van der Waals surface area contributed by atoms with Crippen molar-refractivity contribution in [1.29, 1.82) is 0 Å². The van der Waals surface area contributed by atoms with Crippen molar-refractivity contribution in [2.75, 3.05) is 52.9 Å². The first-order valence-electron chi connectivity index (χ1n) is 17.5. The molecule has 3 aromatic carbocycles. The molecule has 0 saturated carbocycles. The Labute approximate surface area is 315 Å². The van der Waals surface area contributed by atoms with Crippen LogP contribution in [-0.2, 0) is 47.6 Å². The van der Waals surface area contributed by atoms with Crippen molar-refractivity contribution < 1.29 is 57.1 Å². The van der Waals surface area contributed by atoms with Crippen molar-refractivity contribution in [3.63, 3.8) is 0 Å². The predicted molar refractivity (Wildman–Crippen MR) is 203 cm³/mol. The molecule has 0 N–H and O–H groups in total. The molecule has 0 fully saturated rings. The van der Waals surface area contributed by atoms with Gasteiger partial charge in [0.05, 0.1) is 26.4 Å². The fourth-order valence-electron chi connectivity index (χ4n) is 4.78. The zero-order valence-electron chi connectivity index (χ0n) is 30.5. The molecule has 0 amide bonds. The second-order valence-corrected chi connectivity index (χ2v) is 11.7. The molecule has 0 heterocycles. The van der Waals surface area contributed by atoms with E-state index in [9.17, 15) is 19.2 Å². The van der Waals surface area contributed by atoms with Gasteiger partial charge in [0.25, 0.3) is 0 Å². The molecule has 12 heteroatoms. The zero-order chi connectivity index (χ0) is 39.0. The fraction of sp³-hybridized carbons (Fsp3) is 0.333. The number of carbonyl (C=O) groups is 4. The summed E-state index contributed by atoms with van der Waals surface area (Å²) >= 11 is 0. The van der Waals surface area contributed by atoms with Crippen LogP contribution in [0, 0.1) is 0 Å². The largest absolute Gasteiger partial charge is 0.494 e. The van der Waals surface area contributed by atoms with Gasteiger partial charge in [0.15, 0.2) is 12.2 Å². The lowest BCUT2D eigenvalue weighted by atomic mass is 10.0. The highest BCUT2D eigenvalue weighted by atomic mass is 16.6. The normalized spacial score (nSPS) is 11.7. The van der Waals surface area contributed by atoms with Crippen LogP contribution in [0.2, 0.25) is 0 Å². The lowest BCUT2D eigenvalue weighted by molar-refractivity contribution is -0.156. The van der Waals surface area contributed by atoms with Gasteiger partial charge in [-0.15, -0.1) is 0 Å². The molecule has 288 valence electrons. The number of hydrogen-bond acceptors (Lipinski definition) is 12. The Hall–Kier alpha value is -5.72. The van der Waals surface area contributed by atoms with Crippen LogP contribution in [0.3, 0.4) is 0 Å². The van der Waals surface area contributed by atoms with Gasteiger partial charge >= 0.3 is 23.9 Å². The standard InChI is InChI=1S/C42H48O12/c1-5-39(43)51-29-37(53-41(45)7-3)27-47-21-9-11-23-49-35-18-15-31(16-19-35)32-13-14-34-26-36(20-17-33(34)25-32)50-24-12-10-22-48-28-38(54-42(46)8-4)30-52-40(44)6-2/h5-8,13-20,25-26,37-38H,1-4,9-12,21-24,27-30H2. The number of ether oxygens (including phenoxy) is 8. The molecule has 0 aliphatic carbocycles. The summed E-state index contributed by atoms with van der Waals surface area (Å²) in [5.41, 5.74) is 2.14. The Bertz CT molecular complexity index is 1700. The van der Waals surface area contributed by atoms with Gasteiger partial charge in [0.2, 0.25) is 0 Å². The van der Waals surface area contributed by atoms with Crippen LogP contribution >= 0.6 is 0 Å². The number of rotatable bonds is 27. The maximum atomic E-state index is 11.5. The van der Waals surface area contributed by atoms with Gasteiger partial charge in [-0.1, -0.05) is 56.6 Å². The average molecular weight is 745 g/mol. The Morgan fingerprint density at radius 3 is 1.43 bits per heavy atom. The average Bonchev–Trinajstić information content (AvgIpc) is 3.20. The van der Waals surface area contributed by atoms with Crippen molar-refractivity contribution >= 4 is 34.6 Å². The van der Waals surface area contributed by atoms with Crippen molar-refractivity contribution in [3.05, 3.63) is 111 Å². The number of benzene rings is 3. The van der Waals surface area contributed by atoms with Crippen LogP contribution < -0.4 is 9.47 Å². The minimum Gasteiger partial charge on any atom is -0.494 e. The van der Waals surface area contributed by atoms with Crippen LogP contribution in [-0.4, -0.2) is 88.9 Å². The number of carbonyl (C=O) groups excluding carboxylic acids is 4. The number of fused-ring (bicyclic) bond motifs is 1. The molecule has 3 aromatic rings. The highest BCUT2D eigenvalue weighted by Gasteiger charge is 2.16. The van der Waals surface area contributed by atoms with E-state index in [0.717, 1.165) is 83.4 Å². The molecule has 0 spiro atoms. The quantitative estimate of drug-likeness (QED) is 0.0364. The molecule has 0 bridgehead atoms. The third-order valence-corrected chi connectivity index (χ3v) is 7.57. The van der Waals surface area contributed by atoms with E-state index in [1.807, 2.05) is 42.5 Å². The first-order chi connectivity index (χ1) is 26.2. The second-order valence-electron chi connectivity index (χ2n) is 11.7. The Balaban J connectivity index is 1.35. The molecule has 54 heavy (non-hydrogen) atoms. The number of unbranched alkanes of at least 4 members (excludes halogenated alkanes) is 2. The van der Waals surface area contributed by atoms with Crippen LogP contribution in [0.4, 0.5) is 0 Å². The maximum Gasteiger partial charge on any atom is 0.330 e. The summed E-state index contributed by atoms with van der Waals surface area (Å²) in [5.74, 6) is -0.938. The van der Waals surface area contributed by atoms with E-state index in [2.05, 4.69) is 44.5 Å². The van der Waals surface area contributed by atoms with Crippen LogP contribution in [0.1, 0.15) is 25.7 Å². The van der Waals surface area contributed by atoms with E-state index in [4.69, 9.17) is 37.9 Å². The lowest BCUT2D eigenvalue weighted by Crippen LogP contribution is -2.29. The van der Waals surface area contributed by atoms with Gasteiger partial charge in [0.1, 0.15) is 24.7 Å². The third-order valence-electron chi connectivity index (χ3n) is 7.57. The summed E-state index contributed by atoms with van der Waals surface area (Å²) < 4.78 is 43.3. The fourth-order valence-corrected chi connectivity index (χ4v) is 4.78. The summed E-state index contributed by atoms with van der Waals surface area (Å²) in [5, 5.41) is 2.15. The molecule has 0 aliphatic rings. The number of esters is 4. The zero-order valence-corrected chi connectivity index (χ0v) is 30.5. The van der Waals surface area contributed by atoms with Crippen LogP contribution in [0.5, 0.6) is 11.5 Å². The minimum atomic E-state index is -0.743. The lowest BCUT2D eigenvalue weighted by Gasteiger charge is -2.17. The first-order valence-corrected chi connectivity index (χ1v) is 17.5. The SMILES string of the molecule is C=CC(=O)OCC(COCCCCOc1ccc(-c2ccc3cc(OCCCCOCC(COC(=O)C=C)OC(=O)C=C)ccc3c2)cc1)OC(=O)C=C. The third kappa shape index (κ3) is 16.3. The minimum absolute atomic E-state index is 0.0787. The van der Waals surface area contributed by atoms with Crippen LogP contribution in [0.15, 0.2) is 111 Å². The molecule has 12 nitrogen and oxygen atoms in total.